The SMILES string of the molecule is CC[C@H](C)NC(=O)[C@H](C)N(Cc1ccccc1F)C(=O)CN(c1ccc(Cl)cc1)S(=O)(=O)c1ccc(OC)cc1. The van der Waals surface area contributed by atoms with E-state index in [4.69, 9.17) is 16.3 Å². The maximum absolute atomic E-state index is 14.6. The smallest absolute Gasteiger partial charge is 0.264 e. The number of rotatable bonds is 12. The normalized spacial score (nSPS) is 12.8. The van der Waals surface area contributed by atoms with E-state index in [0.717, 1.165) is 4.31 Å². The lowest BCUT2D eigenvalue weighted by atomic mass is 10.1. The third kappa shape index (κ3) is 7.51. The van der Waals surface area contributed by atoms with Crippen molar-refractivity contribution >= 4 is 39.1 Å². The first-order valence-electron chi connectivity index (χ1n) is 12.7. The van der Waals surface area contributed by atoms with E-state index in [-0.39, 0.29) is 28.7 Å². The third-order valence-electron chi connectivity index (χ3n) is 6.51. The average molecular weight is 590 g/mol. The molecular formula is C29H33ClFN3O5S. The Kier molecular flexibility index (Phi) is 10.5. The van der Waals surface area contributed by atoms with Crippen LogP contribution in [0.1, 0.15) is 32.8 Å². The van der Waals surface area contributed by atoms with Crippen LogP contribution in [0.15, 0.2) is 77.7 Å². The molecule has 0 aliphatic rings. The molecule has 3 aromatic rings. The molecule has 3 aromatic carbocycles. The second-order valence-electron chi connectivity index (χ2n) is 9.27. The molecule has 11 heteroatoms. The monoisotopic (exact) mass is 589 g/mol. The number of halogens is 2. The summed E-state index contributed by atoms with van der Waals surface area (Å²) in [5, 5.41) is 3.22. The van der Waals surface area contributed by atoms with E-state index < -0.39 is 40.2 Å². The number of hydrogen-bond donors (Lipinski definition) is 1. The van der Waals surface area contributed by atoms with Gasteiger partial charge in [-0.25, -0.2) is 12.8 Å². The molecule has 8 nitrogen and oxygen atoms in total. The van der Waals surface area contributed by atoms with E-state index in [0.29, 0.717) is 17.2 Å². The summed E-state index contributed by atoms with van der Waals surface area (Å²) in [6.07, 6.45) is 0.671. The fraction of sp³-hybridized carbons (Fsp3) is 0.310. The molecule has 0 heterocycles. The van der Waals surface area contributed by atoms with Gasteiger partial charge in [0.25, 0.3) is 10.0 Å². The number of methoxy groups -OCH3 is 1. The van der Waals surface area contributed by atoms with Crippen LogP contribution in [0.3, 0.4) is 0 Å². The van der Waals surface area contributed by atoms with E-state index in [2.05, 4.69) is 5.32 Å². The molecule has 0 fully saturated rings. The molecule has 2 amide bonds. The zero-order valence-electron chi connectivity index (χ0n) is 22.8. The summed E-state index contributed by atoms with van der Waals surface area (Å²) in [6.45, 7) is 4.38. The molecule has 0 aliphatic carbocycles. The second-order valence-corrected chi connectivity index (χ2v) is 11.6. The largest absolute Gasteiger partial charge is 0.497 e. The van der Waals surface area contributed by atoms with Gasteiger partial charge in [-0.1, -0.05) is 36.7 Å². The highest BCUT2D eigenvalue weighted by atomic mass is 35.5. The second kappa shape index (κ2) is 13.6. The average Bonchev–Trinajstić information content (AvgIpc) is 2.95. The molecule has 0 unspecified atom stereocenters. The number of benzene rings is 3. The zero-order chi connectivity index (χ0) is 29.4. The van der Waals surface area contributed by atoms with Crippen molar-refractivity contribution in [3.8, 4) is 5.75 Å². The van der Waals surface area contributed by atoms with Crippen molar-refractivity contribution in [1.29, 1.82) is 0 Å². The Hall–Kier alpha value is -3.63. The van der Waals surface area contributed by atoms with Crippen molar-refractivity contribution in [2.45, 2.75) is 50.7 Å². The van der Waals surface area contributed by atoms with Crippen LogP contribution in [0.2, 0.25) is 5.02 Å². The van der Waals surface area contributed by atoms with Gasteiger partial charge in [0.1, 0.15) is 24.2 Å². The summed E-state index contributed by atoms with van der Waals surface area (Å²) in [7, 11) is -2.79. The number of carbonyl (C=O) groups excluding carboxylic acids is 2. The van der Waals surface area contributed by atoms with Gasteiger partial charge >= 0.3 is 0 Å². The summed E-state index contributed by atoms with van der Waals surface area (Å²) >= 11 is 6.04. The van der Waals surface area contributed by atoms with Crippen LogP contribution in [0.5, 0.6) is 5.75 Å². The molecule has 0 saturated carbocycles. The molecule has 0 saturated heterocycles. The highest BCUT2D eigenvalue weighted by Crippen LogP contribution is 2.27. The number of amides is 2. The molecular weight excluding hydrogens is 557 g/mol. The van der Waals surface area contributed by atoms with E-state index in [9.17, 15) is 22.4 Å². The zero-order valence-corrected chi connectivity index (χ0v) is 24.4. The van der Waals surface area contributed by atoms with Crippen molar-refractivity contribution < 1.29 is 27.1 Å². The van der Waals surface area contributed by atoms with Gasteiger partial charge in [-0.3, -0.25) is 13.9 Å². The number of nitrogens with one attached hydrogen (secondary N) is 1. The van der Waals surface area contributed by atoms with Crippen molar-refractivity contribution in [1.82, 2.24) is 10.2 Å². The molecule has 0 aromatic heterocycles. The van der Waals surface area contributed by atoms with Gasteiger partial charge in [0.2, 0.25) is 11.8 Å². The lowest BCUT2D eigenvalue weighted by Crippen LogP contribution is -2.52. The standard InChI is InChI=1S/C29H33ClFN3O5S/c1-5-20(2)32-29(36)21(3)33(18-22-8-6-7-9-27(22)31)28(35)19-34(24-12-10-23(30)11-13-24)40(37,38)26-16-14-25(39-4)15-17-26/h6-17,20-21H,5,18-19H2,1-4H3,(H,32,36)/t20-,21-/m0/s1. The number of anilines is 1. The molecule has 1 N–H and O–H groups in total. The van der Waals surface area contributed by atoms with Crippen molar-refractivity contribution in [2.75, 3.05) is 18.0 Å². The highest BCUT2D eigenvalue weighted by molar-refractivity contribution is 7.92. The summed E-state index contributed by atoms with van der Waals surface area (Å²) in [4.78, 5) is 28.0. The molecule has 2 atom stereocenters. The minimum absolute atomic E-state index is 0.0701. The summed E-state index contributed by atoms with van der Waals surface area (Å²) in [5.74, 6) is -1.21. The van der Waals surface area contributed by atoms with Crippen LogP contribution >= 0.6 is 11.6 Å². The fourth-order valence-corrected chi connectivity index (χ4v) is 5.41. The van der Waals surface area contributed by atoms with Crippen molar-refractivity contribution in [3.05, 3.63) is 89.2 Å². The van der Waals surface area contributed by atoms with Gasteiger partial charge in [-0.05, 0) is 74.9 Å². The van der Waals surface area contributed by atoms with Crippen LogP contribution < -0.4 is 14.4 Å². The van der Waals surface area contributed by atoms with Crippen LogP contribution in [-0.2, 0) is 26.2 Å². The molecule has 40 heavy (non-hydrogen) atoms. The predicted octanol–water partition coefficient (Wildman–Crippen LogP) is 5.02. The van der Waals surface area contributed by atoms with Crippen LogP contribution in [-0.4, -0.2) is 50.9 Å². The van der Waals surface area contributed by atoms with Gasteiger partial charge in [0.15, 0.2) is 0 Å². The predicted molar refractivity (Wildman–Crippen MR) is 153 cm³/mol. The Bertz CT molecular complexity index is 1420. The maximum atomic E-state index is 14.6. The molecule has 0 radical (unpaired) electrons. The van der Waals surface area contributed by atoms with E-state index in [1.165, 1.54) is 85.7 Å². The summed E-state index contributed by atoms with van der Waals surface area (Å²) in [5.41, 5.74) is 0.381. The first-order chi connectivity index (χ1) is 19.0. The van der Waals surface area contributed by atoms with Crippen LogP contribution in [0, 0.1) is 5.82 Å². The molecule has 0 spiro atoms. The lowest BCUT2D eigenvalue weighted by Gasteiger charge is -2.32. The first-order valence-corrected chi connectivity index (χ1v) is 14.5. The molecule has 3 rings (SSSR count). The van der Waals surface area contributed by atoms with Crippen molar-refractivity contribution in [3.63, 3.8) is 0 Å². The van der Waals surface area contributed by atoms with E-state index in [1.54, 1.807) is 6.07 Å². The number of nitrogens with zero attached hydrogens (tertiary/aromatic N) is 2. The van der Waals surface area contributed by atoms with Gasteiger partial charge in [0, 0.05) is 23.2 Å². The molecule has 214 valence electrons. The van der Waals surface area contributed by atoms with Gasteiger partial charge in [-0.2, -0.15) is 0 Å². The van der Waals surface area contributed by atoms with Crippen molar-refractivity contribution in [2.24, 2.45) is 0 Å². The number of sulfonamides is 1. The quantitative estimate of drug-likeness (QED) is 0.320. The number of ether oxygens (including phenoxy) is 1. The summed E-state index contributed by atoms with van der Waals surface area (Å²) < 4.78 is 48.3. The highest BCUT2D eigenvalue weighted by Gasteiger charge is 2.33. The van der Waals surface area contributed by atoms with Gasteiger partial charge < -0.3 is 15.0 Å². The Morgan fingerprint density at radius 1 is 1.00 bits per heavy atom. The first kappa shape index (κ1) is 30.9. The number of carbonyl (C=O) groups is 2. The minimum atomic E-state index is -4.26. The summed E-state index contributed by atoms with van der Waals surface area (Å²) in [6, 6.07) is 16.5. The fourth-order valence-electron chi connectivity index (χ4n) is 3.87. The Balaban J connectivity index is 2.03. The van der Waals surface area contributed by atoms with E-state index >= 15 is 0 Å². The van der Waals surface area contributed by atoms with Gasteiger partial charge in [0.05, 0.1) is 17.7 Å². The maximum Gasteiger partial charge on any atom is 0.264 e. The van der Waals surface area contributed by atoms with Crippen LogP contribution in [0.25, 0.3) is 0 Å². The topological polar surface area (TPSA) is 96.0 Å². The lowest BCUT2D eigenvalue weighted by molar-refractivity contribution is -0.139. The van der Waals surface area contributed by atoms with E-state index in [1.807, 2.05) is 13.8 Å². The Labute approximate surface area is 239 Å². The Morgan fingerprint density at radius 3 is 2.20 bits per heavy atom. The third-order valence-corrected chi connectivity index (χ3v) is 8.55. The Morgan fingerprint density at radius 2 is 1.62 bits per heavy atom. The molecule has 0 bridgehead atoms. The van der Waals surface area contributed by atoms with Gasteiger partial charge in [-0.15, -0.1) is 0 Å². The number of hydrogen-bond acceptors (Lipinski definition) is 5. The van der Waals surface area contributed by atoms with Crippen LogP contribution in [0.4, 0.5) is 10.1 Å². The minimum Gasteiger partial charge on any atom is -0.497 e. The molecule has 0 aliphatic heterocycles.